The molecule has 0 aliphatic carbocycles. The molecule has 1 aromatic carbocycles. The Bertz CT molecular complexity index is 879. The molecule has 2 N–H and O–H groups in total. The van der Waals surface area contributed by atoms with Crippen LogP contribution in [0.3, 0.4) is 0 Å². The zero-order valence-electron chi connectivity index (χ0n) is 15.7. The smallest absolute Gasteiger partial charge is 0.319 e. The van der Waals surface area contributed by atoms with E-state index in [1.54, 1.807) is 11.3 Å². The van der Waals surface area contributed by atoms with Gasteiger partial charge in [0.25, 0.3) is 0 Å². The summed E-state index contributed by atoms with van der Waals surface area (Å²) in [6, 6.07) is 11.7. The van der Waals surface area contributed by atoms with Crippen molar-refractivity contribution in [2.45, 2.75) is 40.2 Å². The topological polar surface area (TPSA) is 46.1 Å². The summed E-state index contributed by atoms with van der Waals surface area (Å²) in [4.78, 5) is 13.7. The first kappa shape index (κ1) is 18.3. The number of thiophene rings is 1. The van der Waals surface area contributed by atoms with Crippen molar-refractivity contribution in [3.63, 3.8) is 0 Å². The lowest BCUT2D eigenvalue weighted by Crippen LogP contribution is -2.31. The number of urea groups is 1. The van der Waals surface area contributed by atoms with E-state index in [4.69, 9.17) is 0 Å². The number of rotatable bonds is 5. The second kappa shape index (κ2) is 7.79. The highest BCUT2D eigenvalue weighted by atomic mass is 32.1. The molecule has 4 nitrogen and oxygen atoms in total. The predicted molar refractivity (Wildman–Crippen MR) is 110 cm³/mol. The second-order valence-electron chi connectivity index (χ2n) is 6.46. The van der Waals surface area contributed by atoms with Gasteiger partial charge in [0.2, 0.25) is 0 Å². The first-order chi connectivity index (χ1) is 12.5. The Hall–Kier alpha value is -2.53. The van der Waals surface area contributed by atoms with E-state index < -0.39 is 0 Å². The molecular weight excluding hydrogens is 342 g/mol. The third kappa shape index (κ3) is 3.83. The van der Waals surface area contributed by atoms with Crippen LogP contribution in [0.25, 0.3) is 5.00 Å². The van der Waals surface area contributed by atoms with Crippen LogP contribution < -0.4 is 10.6 Å². The van der Waals surface area contributed by atoms with E-state index in [2.05, 4.69) is 36.0 Å². The summed E-state index contributed by atoms with van der Waals surface area (Å²) >= 11 is 1.75. The molecule has 2 heterocycles. The van der Waals surface area contributed by atoms with E-state index >= 15 is 0 Å². The maximum atomic E-state index is 12.4. The summed E-state index contributed by atoms with van der Waals surface area (Å²) in [6.45, 7) is 8.39. The first-order valence-electron chi connectivity index (χ1n) is 8.89. The molecule has 0 saturated carbocycles. The van der Waals surface area contributed by atoms with Gasteiger partial charge in [-0.3, -0.25) is 0 Å². The monoisotopic (exact) mass is 367 g/mol. The van der Waals surface area contributed by atoms with Crippen LogP contribution >= 0.6 is 11.3 Å². The molecule has 0 radical (unpaired) electrons. The van der Waals surface area contributed by atoms with Crippen LogP contribution in [0.5, 0.6) is 0 Å². The minimum atomic E-state index is -0.191. The molecule has 0 spiro atoms. The minimum absolute atomic E-state index is 0.0905. The number of amides is 2. The first-order valence-corrected chi connectivity index (χ1v) is 9.71. The van der Waals surface area contributed by atoms with E-state index in [1.165, 1.54) is 21.6 Å². The van der Waals surface area contributed by atoms with Crippen molar-refractivity contribution in [2.75, 3.05) is 5.32 Å². The van der Waals surface area contributed by atoms with Crippen molar-refractivity contribution in [1.82, 2.24) is 9.88 Å². The van der Waals surface area contributed by atoms with Gasteiger partial charge in [0.15, 0.2) is 0 Å². The van der Waals surface area contributed by atoms with Crippen molar-refractivity contribution in [3.8, 4) is 5.00 Å². The van der Waals surface area contributed by atoms with Crippen LogP contribution in [0.2, 0.25) is 0 Å². The quantitative estimate of drug-likeness (QED) is 0.606. The second-order valence-corrected chi connectivity index (χ2v) is 7.67. The van der Waals surface area contributed by atoms with Crippen LogP contribution in [0.15, 0.2) is 48.8 Å². The van der Waals surface area contributed by atoms with Crippen LogP contribution in [0.4, 0.5) is 10.5 Å². The molecule has 26 heavy (non-hydrogen) atoms. The van der Waals surface area contributed by atoms with Crippen LogP contribution in [0, 0.1) is 13.8 Å². The van der Waals surface area contributed by atoms with E-state index in [1.807, 2.05) is 55.7 Å². The third-order valence-corrected chi connectivity index (χ3v) is 5.89. The summed E-state index contributed by atoms with van der Waals surface area (Å²) in [7, 11) is 0. The number of nitrogens with one attached hydrogen (secondary N) is 2. The Labute approximate surface area is 158 Å². The lowest BCUT2D eigenvalue weighted by molar-refractivity contribution is 0.249. The number of benzene rings is 1. The number of hydrogen-bond donors (Lipinski definition) is 2. The van der Waals surface area contributed by atoms with E-state index in [-0.39, 0.29) is 12.1 Å². The molecular formula is C21H25N3OS. The van der Waals surface area contributed by atoms with Crippen molar-refractivity contribution < 1.29 is 4.79 Å². The largest absolute Gasteiger partial charge is 0.331 e. The molecule has 0 bridgehead atoms. The van der Waals surface area contributed by atoms with E-state index in [0.29, 0.717) is 0 Å². The van der Waals surface area contributed by atoms with Gasteiger partial charge in [-0.05, 0) is 62.6 Å². The van der Waals surface area contributed by atoms with Crippen LogP contribution in [-0.2, 0) is 6.42 Å². The molecule has 0 aliphatic rings. The van der Waals surface area contributed by atoms with Gasteiger partial charge in [-0.15, -0.1) is 11.3 Å². The fourth-order valence-corrected chi connectivity index (χ4v) is 4.28. The van der Waals surface area contributed by atoms with Gasteiger partial charge in [0.1, 0.15) is 5.00 Å². The minimum Gasteiger partial charge on any atom is -0.331 e. The number of hydrogen-bond acceptors (Lipinski definition) is 2. The molecule has 1 atom stereocenters. The number of carbonyl (C=O) groups excluding carboxylic acids is 1. The summed E-state index contributed by atoms with van der Waals surface area (Å²) in [5.41, 5.74) is 4.46. The highest BCUT2D eigenvalue weighted by molar-refractivity contribution is 7.14. The molecule has 0 unspecified atom stereocenters. The maximum absolute atomic E-state index is 12.4. The number of anilines is 1. The lowest BCUT2D eigenvalue weighted by atomic mass is 10.1. The maximum Gasteiger partial charge on any atom is 0.319 e. The summed E-state index contributed by atoms with van der Waals surface area (Å²) in [5.74, 6) is 0. The molecule has 2 amide bonds. The Morgan fingerprint density at radius 2 is 1.81 bits per heavy atom. The molecule has 3 rings (SSSR count). The van der Waals surface area contributed by atoms with Crippen molar-refractivity contribution in [2.24, 2.45) is 0 Å². The predicted octanol–water partition coefficient (Wildman–Crippen LogP) is 5.60. The van der Waals surface area contributed by atoms with Gasteiger partial charge in [-0.2, -0.15) is 0 Å². The van der Waals surface area contributed by atoms with Crippen LogP contribution in [-0.4, -0.2) is 10.6 Å². The van der Waals surface area contributed by atoms with E-state index in [9.17, 15) is 4.79 Å². The molecule has 5 heteroatoms. The average molecular weight is 368 g/mol. The number of nitrogens with zero attached hydrogens (tertiary/aromatic N) is 1. The highest BCUT2D eigenvalue weighted by Crippen LogP contribution is 2.35. The number of aryl methyl sites for hydroxylation is 2. The molecule has 2 aromatic heterocycles. The van der Waals surface area contributed by atoms with Gasteiger partial charge in [0.05, 0.1) is 6.04 Å². The Kier molecular flexibility index (Phi) is 5.47. The Balaban J connectivity index is 1.75. The third-order valence-electron chi connectivity index (χ3n) is 4.65. The fraction of sp³-hybridized carbons (Fsp3) is 0.286. The van der Waals surface area contributed by atoms with Gasteiger partial charge in [0, 0.05) is 28.5 Å². The van der Waals surface area contributed by atoms with Crippen molar-refractivity contribution in [1.29, 1.82) is 0 Å². The van der Waals surface area contributed by atoms with E-state index in [0.717, 1.165) is 17.1 Å². The zero-order chi connectivity index (χ0) is 18.7. The molecule has 0 fully saturated rings. The highest BCUT2D eigenvalue weighted by Gasteiger charge is 2.20. The number of carbonyl (C=O) groups is 1. The molecule has 136 valence electrons. The van der Waals surface area contributed by atoms with Gasteiger partial charge in [-0.1, -0.05) is 19.1 Å². The van der Waals surface area contributed by atoms with Crippen molar-refractivity contribution in [3.05, 3.63) is 70.4 Å². The Morgan fingerprint density at radius 3 is 2.42 bits per heavy atom. The average Bonchev–Trinajstić information content (AvgIpc) is 3.24. The van der Waals surface area contributed by atoms with Crippen molar-refractivity contribution >= 4 is 23.1 Å². The molecule has 0 aliphatic heterocycles. The fourth-order valence-electron chi connectivity index (χ4n) is 3.06. The van der Waals surface area contributed by atoms with Gasteiger partial charge in [-0.25, -0.2) is 4.79 Å². The summed E-state index contributed by atoms with van der Waals surface area (Å²) in [6.07, 6.45) is 5.06. The zero-order valence-corrected chi connectivity index (χ0v) is 16.5. The van der Waals surface area contributed by atoms with Crippen LogP contribution in [0.1, 0.15) is 41.5 Å². The standard InChI is InChI=1S/C21H25N3OS/c1-5-17-8-10-18(11-9-17)23-21(25)22-15(3)19-14(2)16(4)26-20(19)24-12-6-7-13-24/h6-13,15H,5H2,1-4H3,(H2,22,23,25)/t15-/m0/s1. The van der Waals surface area contributed by atoms with Gasteiger partial charge < -0.3 is 15.2 Å². The lowest BCUT2D eigenvalue weighted by Gasteiger charge is -2.17. The normalized spacial score (nSPS) is 12.0. The number of aromatic nitrogens is 1. The summed E-state index contributed by atoms with van der Waals surface area (Å²) < 4.78 is 2.11. The molecule has 3 aromatic rings. The summed E-state index contributed by atoms with van der Waals surface area (Å²) in [5, 5.41) is 7.15. The van der Waals surface area contributed by atoms with Gasteiger partial charge >= 0.3 is 6.03 Å². The SMILES string of the molecule is CCc1ccc(NC(=O)N[C@@H](C)c2c(-n3cccc3)sc(C)c2C)cc1. The molecule has 0 saturated heterocycles. The Morgan fingerprint density at radius 1 is 1.15 bits per heavy atom.